The number of hydrogen-bond donors (Lipinski definition) is 8. The molecule has 109 heavy (non-hydrogen) atoms. The molecule has 2 aliphatic carbocycles. The number of aliphatic hydroxyl groups excluding tert-OH is 3. The number of esters is 1. The zero-order valence-corrected chi connectivity index (χ0v) is 64.1. The number of hydroxylamine groups is 1. The maximum absolute atomic E-state index is 14.8. The van der Waals surface area contributed by atoms with E-state index in [0.29, 0.717) is 95.8 Å². The Balaban J connectivity index is 0.000000148. The van der Waals surface area contributed by atoms with Gasteiger partial charge in [-0.1, -0.05) is 48.0 Å². The fourth-order valence-corrected chi connectivity index (χ4v) is 13.5. The van der Waals surface area contributed by atoms with E-state index in [1.54, 1.807) is 106 Å². The van der Waals surface area contributed by atoms with Crippen molar-refractivity contribution in [2.45, 2.75) is 109 Å². The van der Waals surface area contributed by atoms with Gasteiger partial charge in [0.2, 0.25) is 0 Å². The number of amides is 1. The number of Topliss-reactive ketones (excluding diaryl/α,β-unsaturated/α-hetero) is 1. The lowest BCUT2D eigenvalue weighted by molar-refractivity contribution is -0.128. The lowest BCUT2D eigenvalue weighted by atomic mass is 9.95. The Hall–Kier alpha value is -10.0. The number of aromatic nitrogens is 3. The van der Waals surface area contributed by atoms with Gasteiger partial charge >= 0.3 is 11.7 Å². The molecule has 4 aliphatic rings. The topological polar surface area (TPSA) is 348 Å². The summed E-state index contributed by atoms with van der Waals surface area (Å²) in [6, 6.07) is 35.2. The van der Waals surface area contributed by atoms with Crippen molar-refractivity contribution in [3.05, 3.63) is 250 Å². The highest BCUT2D eigenvalue weighted by Crippen LogP contribution is 2.46. The molecule has 0 spiro atoms. The van der Waals surface area contributed by atoms with Gasteiger partial charge in [-0.25, -0.2) is 28.2 Å². The number of ketones is 2. The van der Waals surface area contributed by atoms with E-state index < -0.39 is 82.4 Å². The number of methoxy groups -OCH3 is 1. The number of nitrogens with one attached hydrogen (secondary N) is 3. The summed E-state index contributed by atoms with van der Waals surface area (Å²) in [5, 5.41) is 46.3. The molecule has 568 valence electrons. The molecule has 10 aromatic rings. The minimum atomic E-state index is -1.58. The normalized spacial score (nSPS) is 17.7. The predicted molar refractivity (Wildman–Crippen MR) is 420 cm³/mol. The number of nitrogens with zero attached hydrogens (tertiary/aromatic N) is 3. The molecular formula is C79H73ClF3I2N7O17. The molecule has 1 saturated heterocycles. The van der Waals surface area contributed by atoms with Crippen LogP contribution in [0, 0.1) is 37.4 Å². The van der Waals surface area contributed by atoms with Crippen molar-refractivity contribution in [1.82, 2.24) is 19.2 Å². The summed E-state index contributed by atoms with van der Waals surface area (Å²) in [7, 11) is 3.05. The van der Waals surface area contributed by atoms with Crippen LogP contribution in [0.15, 0.2) is 169 Å². The molecule has 0 radical (unpaired) electrons. The summed E-state index contributed by atoms with van der Waals surface area (Å²) >= 11 is 10.2. The van der Waals surface area contributed by atoms with E-state index in [2.05, 4.69) is 38.7 Å². The number of aromatic hydroxyl groups is 1. The van der Waals surface area contributed by atoms with Gasteiger partial charge in [-0.05, 0) is 212 Å². The Bertz CT molecular complexity index is 5510. The molecule has 3 aromatic heterocycles. The number of cyclic esters (lactones) is 1. The quantitative estimate of drug-likeness (QED) is 0.0155. The number of halogens is 6. The van der Waals surface area contributed by atoms with E-state index in [9.17, 15) is 72.0 Å². The molecular weight excluding hydrogens is 1670 g/mol. The lowest BCUT2D eigenvalue weighted by Gasteiger charge is -2.21. The average molecular weight is 1740 g/mol. The highest BCUT2D eigenvalue weighted by atomic mass is 127. The second kappa shape index (κ2) is 34.7. The number of pyridine rings is 1. The van der Waals surface area contributed by atoms with Gasteiger partial charge < -0.3 is 55.4 Å². The Kier molecular flexibility index (Phi) is 25.5. The molecule has 2 saturated carbocycles. The lowest BCUT2D eigenvalue weighted by Crippen LogP contribution is -2.41. The molecule has 3 fully saturated rings. The van der Waals surface area contributed by atoms with Crippen LogP contribution in [0.3, 0.4) is 0 Å². The van der Waals surface area contributed by atoms with Crippen molar-refractivity contribution >= 4 is 131 Å². The van der Waals surface area contributed by atoms with E-state index in [4.69, 9.17) is 40.8 Å². The molecule has 14 rings (SSSR count). The molecule has 5 heterocycles. The van der Waals surface area contributed by atoms with Crippen LogP contribution < -0.4 is 48.8 Å². The molecule has 2 aliphatic heterocycles. The smallest absolute Gasteiger partial charge is 0.342 e. The summed E-state index contributed by atoms with van der Waals surface area (Å²) < 4.78 is 70.0. The number of anilines is 5. The van der Waals surface area contributed by atoms with Gasteiger partial charge in [-0.15, -0.1) is 0 Å². The van der Waals surface area contributed by atoms with Crippen molar-refractivity contribution in [2.24, 2.45) is 13.0 Å². The Labute approximate surface area is 652 Å². The van der Waals surface area contributed by atoms with Gasteiger partial charge in [0.15, 0.2) is 22.8 Å². The van der Waals surface area contributed by atoms with Crippen molar-refractivity contribution in [3.63, 3.8) is 0 Å². The molecule has 24 nitrogen and oxygen atoms in total. The highest BCUT2D eigenvalue weighted by Gasteiger charge is 2.46. The summed E-state index contributed by atoms with van der Waals surface area (Å²) in [6.07, 6.45) is 1.80. The Morgan fingerprint density at radius 2 is 1.52 bits per heavy atom. The molecule has 1 amide bonds. The number of nitrogens with two attached hydrogens (primary N) is 1. The molecule has 7 aromatic carbocycles. The number of rotatable bonds is 15. The molecule has 9 N–H and O–H groups in total. The fourth-order valence-electron chi connectivity index (χ4n) is 12.2. The van der Waals surface area contributed by atoms with E-state index in [-0.39, 0.29) is 93.7 Å². The number of epoxide rings is 1. The molecule has 5 atom stereocenters. The van der Waals surface area contributed by atoms with Crippen LogP contribution in [-0.2, 0) is 44.0 Å². The summed E-state index contributed by atoms with van der Waals surface area (Å²) in [5.41, 5.74) is 10.6. The van der Waals surface area contributed by atoms with E-state index >= 15 is 0 Å². The number of hydrogen-bond acceptors (Lipinski definition) is 20. The van der Waals surface area contributed by atoms with Gasteiger partial charge in [0.1, 0.15) is 69.5 Å². The largest absolute Gasteiger partial charge is 0.507 e. The van der Waals surface area contributed by atoms with Crippen LogP contribution in [0.5, 0.6) is 11.5 Å². The number of phenolic OH excluding ortho intramolecular Hbond substituents is 1. The van der Waals surface area contributed by atoms with Crippen molar-refractivity contribution in [3.8, 4) is 28.5 Å². The number of fused-ring (bicyclic) bond motifs is 5. The predicted octanol–water partition coefficient (Wildman–Crippen LogP) is 12.7. The van der Waals surface area contributed by atoms with Gasteiger partial charge in [0, 0.05) is 62.2 Å². The second-order valence-electron chi connectivity index (χ2n) is 26.3. The first-order valence-corrected chi connectivity index (χ1v) is 36.8. The fraction of sp³-hybridized carbons (Fsp3) is 0.266. The van der Waals surface area contributed by atoms with E-state index in [1.807, 2.05) is 28.7 Å². The zero-order valence-electron chi connectivity index (χ0n) is 59.0. The van der Waals surface area contributed by atoms with E-state index in [0.717, 1.165) is 28.6 Å². The number of nitrogen functional groups attached to an aromatic ring is 1. The van der Waals surface area contributed by atoms with Crippen molar-refractivity contribution in [2.75, 3.05) is 30.1 Å². The number of para-hydroxylation sites is 2. The summed E-state index contributed by atoms with van der Waals surface area (Å²) in [5.74, 6) is -3.65. The number of ether oxygens (including phenoxy) is 3. The Morgan fingerprint density at radius 3 is 2.21 bits per heavy atom. The molecule has 30 heteroatoms. The summed E-state index contributed by atoms with van der Waals surface area (Å²) in [6.45, 7) is 4.73. The number of carbonyl (C=O) groups is 4. The maximum atomic E-state index is 14.8. The van der Waals surface area contributed by atoms with Gasteiger partial charge in [0.05, 0.1) is 82.5 Å². The first kappa shape index (κ1) is 80.0. The van der Waals surface area contributed by atoms with Crippen LogP contribution in [0.4, 0.5) is 41.7 Å². The number of carbonyl (C=O) groups excluding carboxylic acids is 4. The third kappa shape index (κ3) is 18.7. The summed E-state index contributed by atoms with van der Waals surface area (Å²) in [4.78, 5) is 107. The standard InChI is InChI=1S/C27H24FIN4O4.C19H22O8.C17H14ClF2IN2O2.C16H13NO3/c1-14(34)11-16-5-4-6-19(12-16)32-23-15(2)25(35)31(3)24(30-21-10-7-17(29)13-20(21)28)22(23)26(36)33(27(32)37)18-8-9-18;1-9-3-2-4-12(21)17(24)14(23)7-15-18(27-15)11-5-10(8-20)6-13(22)16(11)19(25)26-9;18-12-7-10(21)3-6-14(12)22-16-11(4-5-13(19)15(16)20)17(24)23-25-8-9-1-2-9;1-19-14-8-4-6-11(16(14)17)15-9-12(18)10-5-2-3-7-13(10)20-15/h4-7,10,12-13,18,30H,8-9,11H2,1-3H3;2,4-6,9,14-15,17-18,20,22-24H,3,7-8H2,1H3;3-7,9,22H,1-2,8H2,(H,23,24);2-9H,17H2,1H3/b;4-2-;;/t;9-,14-,15+,17+,18+;;/m.0../s1. The van der Waals surface area contributed by atoms with Crippen LogP contribution in [-0.4, -0.2) is 95.7 Å². The first-order chi connectivity index (χ1) is 52.0. The van der Waals surface area contributed by atoms with Crippen LogP contribution in [0.25, 0.3) is 38.9 Å². The van der Waals surface area contributed by atoms with Crippen LogP contribution >= 0.6 is 56.8 Å². The van der Waals surface area contributed by atoms with Gasteiger partial charge in [0.25, 0.3) is 17.0 Å². The third-order valence-corrected chi connectivity index (χ3v) is 19.8. The first-order valence-electron chi connectivity index (χ1n) is 34.2. The highest BCUT2D eigenvalue weighted by molar-refractivity contribution is 14.1. The third-order valence-electron chi connectivity index (χ3n) is 18.1. The van der Waals surface area contributed by atoms with Crippen molar-refractivity contribution in [1.29, 1.82) is 0 Å². The molecule has 0 bridgehead atoms. The minimum absolute atomic E-state index is 0.0274. The van der Waals surface area contributed by atoms with Crippen molar-refractivity contribution < 1.29 is 76.2 Å². The second-order valence-corrected chi connectivity index (χ2v) is 29.2. The van der Waals surface area contributed by atoms with Crippen LogP contribution in [0.1, 0.15) is 107 Å². The number of aryl methyl sites for hydroxylation is 1. The number of phenols is 1. The van der Waals surface area contributed by atoms with Gasteiger partial charge in [-0.2, -0.15) is 0 Å². The van der Waals surface area contributed by atoms with E-state index in [1.165, 1.54) is 70.1 Å². The average Bonchev–Trinajstić information content (AvgIpc) is 1.71. The SMILES string of the molecule is CC(=O)Cc1cccc(-n2c(=O)n(C3CC3)c(=O)c3c(Nc4ccc(I)cc4F)n(C)c(=O)c(C)c32)c1.COc1cccc(-c2cc(=O)c3ccccc3o2)c1N.C[C@H]1C/C=C\C(=O)[C@@H](O)[C@@H](O)C[C@H]2O[C@@H]2c2cc(CO)cc(O)c2C(=O)O1.O=C(NOCC1CC1)c1ccc(F)c(F)c1Nc1ccc(I)cc1Cl. The number of aliphatic hydroxyl groups is 3. The maximum Gasteiger partial charge on any atom is 0.342 e. The molecule has 0 unspecified atom stereocenters. The van der Waals surface area contributed by atoms with Crippen LogP contribution in [0.2, 0.25) is 5.02 Å². The number of benzene rings is 7. The Morgan fingerprint density at radius 1 is 0.807 bits per heavy atom. The minimum Gasteiger partial charge on any atom is -0.507 e. The zero-order chi connectivity index (χ0) is 78.4. The van der Waals surface area contributed by atoms with Gasteiger partial charge in [-0.3, -0.25) is 47.3 Å². The monoisotopic (exact) mass is 1740 g/mol.